The number of amides is 1. The highest BCUT2D eigenvalue weighted by atomic mass is 16.8. The molecule has 0 aromatic rings. The number of carbonyl (C=O) groups is 1. The zero-order chi connectivity index (χ0) is 76.0. The second-order valence-electron chi connectivity index (χ2n) is 30.3. The molecule has 0 radical (unpaired) electrons. The average molecular weight is 1490 g/mol. The zero-order valence-electron chi connectivity index (χ0n) is 65.7. The summed E-state index contributed by atoms with van der Waals surface area (Å²) in [6, 6.07) is -1.00. The first kappa shape index (κ1) is 96.4. The van der Waals surface area contributed by atoms with Crippen molar-refractivity contribution >= 4 is 5.91 Å². The van der Waals surface area contributed by atoms with Crippen LogP contribution in [0.15, 0.2) is 72.9 Å². The highest BCUT2D eigenvalue weighted by molar-refractivity contribution is 5.76. The molecule has 0 aromatic heterocycles. The van der Waals surface area contributed by atoms with Crippen LogP contribution in [0.1, 0.15) is 335 Å². The van der Waals surface area contributed by atoms with Crippen LogP contribution in [0.4, 0.5) is 0 Å². The normalized spacial score (nSPS) is 26.1. The minimum absolute atomic E-state index is 0.230. The molecule has 3 rings (SSSR count). The van der Waals surface area contributed by atoms with Crippen LogP contribution in [-0.2, 0) is 33.2 Å². The van der Waals surface area contributed by atoms with Crippen molar-refractivity contribution in [1.29, 1.82) is 0 Å². The maximum Gasteiger partial charge on any atom is 0.220 e. The summed E-state index contributed by atoms with van der Waals surface area (Å²) in [7, 11) is 0. The standard InChI is InChI=1S/C86H155NO18/c1-3-5-7-9-11-13-15-17-19-21-23-25-27-29-31-33-34-36-38-40-42-44-46-48-50-52-54-56-58-60-62-64-74(92)87-69(70(91)63-61-59-57-55-53-51-49-47-45-43-41-39-37-35-32-30-28-26-24-22-20-18-16-14-12-10-8-6-4-2)68-100-84-80(98)77(95)82(72(66-89)102-84)105-86-81(99)78(96)83(73(67-90)103-86)104-85-79(97)76(94)75(93)71(65-88)101-85/h15,17,21,23,27,29,45,47,53,55,61,63,69-73,75-86,88-91,93-99H,3-14,16,18-20,22,24-26,28,30-44,46,48-52,54,56-60,62,64-68H2,1-2H3,(H,87,92)/b17-15-,23-21-,29-27-,47-45+,55-53+,63-61+. The number of nitrogens with one attached hydrogen (secondary N) is 1. The van der Waals surface area contributed by atoms with Crippen molar-refractivity contribution in [2.75, 3.05) is 26.4 Å². The predicted octanol–water partition coefficient (Wildman–Crippen LogP) is 15.2. The molecule has 0 bridgehead atoms. The van der Waals surface area contributed by atoms with Crippen LogP contribution in [0, 0.1) is 0 Å². The molecule has 0 saturated carbocycles. The first-order valence-corrected chi connectivity index (χ1v) is 42.7. The van der Waals surface area contributed by atoms with Gasteiger partial charge in [0.1, 0.15) is 73.2 Å². The van der Waals surface area contributed by atoms with Gasteiger partial charge in [0, 0.05) is 6.42 Å². The predicted molar refractivity (Wildman–Crippen MR) is 420 cm³/mol. The number of aliphatic hydroxyl groups is 11. The van der Waals surface area contributed by atoms with E-state index >= 15 is 0 Å². The van der Waals surface area contributed by atoms with Crippen molar-refractivity contribution in [2.45, 2.75) is 439 Å². The molecule has 3 saturated heterocycles. The summed E-state index contributed by atoms with van der Waals surface area (Å²) in [4.78, 5) is 13.5. The van der Waals surface area contributed by atoms with Gasteiger partial charge in [0.2, 0.25) is 5.91 Å². The average Bonchev–Trinajstić information content (AvgIpc) is 0.781. The number of hydrogen-bond donors (Lipinski definition) is 12. The molecule has 1 amide bonds. The number of allylic oxidation sites excluding steroid dienone is 11. The number of unbranched alkanes of at least 4 members (excludes halogenated alkanes) is 42. The summed E-state index contributed by atoms with van der Waals surface area (Å²) in [6.07, 6.45) is 60.4. The van der Waals surface area contributed by atoms with Crippen molar-refractivity contribution in [1.82, 2.24) is 5.32 Å². The van der Waals surface area contributed by atoms with Crippen molar-refractivity contribution in [3.8, 4) is 0 Å². The molecule has 17 atom stereocenters. The molecule has 19 nitrogen and oxygen atoms in total. The first-order chi connectivity index (χ1) is 51.3. The fraction of sp³-hybridized carbons (Fsp3) is 0.849. The quantitative estimate of drug-likeness (QED) is 0.0199. The third-order valence-electron chi connectivity index (χ3n) is 21.0. The van der Waals surface area contributed by atoms with Gasteiger partial charge in [0.15, 0.2) is 18.9 Å². The lowest BCUT2D eigenvalue weighted by Gasteiger charge is -2.48. The topological polar surface area (TPSA) is 307 Å². The first-order valence-electron chi connectivity index (χ1n) is 42.7. The summed E-state index contributed by atoms with van der Waals surface area (Å²) >= 11 is 0. The Kier molecular flexibility index (Phi) is 60.5. The minimum atomic E-state index is -1.99. The zero-order valence-corrected chi connectivity index (χ0v) is 65.7. The Morgan fingerprint density at radius 2 is 0.638 bits per heavy atom. The third-order valence-corrected chi connectivity index (χ3v) is 21.0. The molecule has 3 fully saturated rings. The molecule has 0 aliphatic carbocycles. The molecule has 105 heavy (non-hydrogen) atoms. The molecule has 3 aliphatic heterocycles. The van der Waals surface area contributed by atoms with E-state index in [4.69, 9.17) is 28.4 Å². The van der Waals surface area contributed by atoms with Crippen LogP contribution in [-0.4, -0.2) is 193 Å². The summed E-state index contributed by atoms with van der Waals surface area (Å²) in [5.41, 5.74) is 0. The van der Waals surface area contributed by atoms with Gasteiger partial charge in [-0.2, -0.15) is 0 Å². The second kappa shape index (κ2) is 65.9. The minimum Gasteiger partial charge on any atom is -0.394 e. The van der Waals surface area contributed by atoms with E-state index in [1.165, 1.54) is 244 Å². The van der Waals surface area contributed by atoms with Crippen LogP contribution >= 0.6 is 0 Å². The molecule has 612 valence electrons. The van der Waals surface area contributed by atoms with Gasteiger partial charge in [-0.25, -0.2) is 0 Å². The molecule has 0 aromatic carbocycles. The van der Waals surface area contributed by atoms with Gasteiger partial charge in [-0.05, 0) is 83.5 Å². The van der Waals surface area contributed by atoms with E-state index in [0.29, 0.717) is 12.8 Å². The Bertz CT molecular complexity index is 2180. The summed E-state index contributed by atoms with van der Waals surface area (Å²) in [6.45, 7) is 1.74. The summed E-state index contributed by atoms with van der Waals surface area (Å²) in [5.74, 6) is -0.287. The van der Waals surface area contributed by atoms with E-state index in [2.05, 4.69) is 79.9 Å². The largest absolute Gasteiger partial charge is 0.394 e. The van der Waals surface area contributed by atoms with Gasteiger partial charge in [-0.15, -0.1) is 0 Å². The summed E-state index contributed by atoms with van der Waals surface area (Å²) in [5, 5.41) is 121. The van der Waals surface area contributed by atoms with Crippen LogP contribution in [0.2, 0.25) is 0 Å². The lowest BCUT2D eigenvalue weighted by molar-refractivity contribution is -0.379. The number of aliphatic hydroxyl groups excluding tert-OH is 11. The van der Waals surface area contributed by atoms with Crippen LogP contribution in [0.5, 0.6) is 0 Å². The number of rotatable bonds is 68. The Labute approximate surface area is 636 Å². The van der Waals surface area contributed by atoms with E-state index in [0.717, 1.165) is 57.8 Å². The number of hydrogen-bond acceptors (Lipinski definition) is 18. The fourth-order valence-corrected chi connectivity index (χ4v) is 14.1. The second-order valence-corrected chi connectivity index (χ2v) is 30.3. The smallest absolute Gasteiger partial charge is 0.220 e. The molecule has 19 heteroatoms. The monoisotopic (exact) mass is 1490 g/mol. The Morgan fingerprint density at radius 3 is 1.02 bits per heavy atom. The molecule has 12 N–H and O–H groups in total. The lowest BCUT2D eigenvalue weighted by Crippen LogP contribution is -2.66. The van der Waals surface area contributed by atoms with Crippen LogP contribution in [0.3, 0.4) is 0 Å². The third kappa shape index (κ3) is 45.4. The van der Waals surface area contributed by atoms with Crippen LogP contribution < -0.4 is 5.32 Å². The molecular weight excluding hydrogens is 1330 g/mol. The molecule has 3 aliphatic rings. The molecular formula is C86H155NO18. The fourth-order valence-electron chi connectivity index (χ4n) is 14.1. The number of carbonyl (C=O) groups excluding carboxylic acids is 1. The van der Waals surface area contributed by atoms with Crippen LogP contribution in [0.25, 0.3) is 0 Å². The highest BCUT2D eigenvalue weighted by Gasteiger charge is 2.54. The van der Waals surface area contributed by atoms with Gasteiger partial charge in [-0.3, -0.25) is 4.79 Å². The van der Waals surface area contributed by atoms with Crippen molar-refractivity contribution in [3.63, 3.8) is 0 Å². The van der Waals surface area contributed by atoms with Gasteiger partial charge in [0.25, 0.3) is 0 Å². The van der Waals surface area contributed by atoms with Crippen molar-refractivity contribution in [3.05, 3.63) is 72.9 Å². The van der Waals surface area contributed by atoms with E-state index in [1.807, 2.05) is 6.08 Å². The van der Waals surface area contributed by atoms with Crippen molar-refractivity contribution in [2.24, 2.45) is 0 Å². The highest BCUT2D eigenvalue weighted by Crippen LogP contribution is 2.33. The molecule has 0 spiro atoms. The summed E-state index contributed by atoms with van der Waals surface area (Å²) < 4.78 is 34.5. The van der Waals surface area contributed by atoms with Gasteiger partial charge < -0.3 is 89.9 Å². The van der Waals surface area contributed by atoms with E-state index in [1.54, 1.807) is 6.08 Å². The van der Waals surface area contributed by atoms with Gasteiger partial charge in [-0.1, -0.05) is 318 Å². The lowest BCUT2D eigenvalue weighted by atomic mass is 9.96. The van der Waals surface area contributed by atoms with Gasteiger partial charge >= 0.3 is 0 Å². The van der Waals surface area contributed by atoms with Crippen molar-refractivity contribution < 1.29 is 89.4 Å². The number of ether oxygens (including phenoxy) is 6. The maximum atomic E-state index is 13.5. The SMILES string of the molecule is CCCCCCC/C=C\C/C=C\C/C=C\CCCCCCCCCCCCCCCCCCC(=O)NC(COC1OC(CO)C(OC2OC(CO)C(OC3OC(CO)C(O)C(O)C3O)C(O)C2O)C(O)C1O)C(O)/C=C/CC/C=C/CC/C=C/CCCCCCCCCCCCCCCCCCCCC. The molecule has 3 heterocycles. The Morgan fingerprint density at radius 1 is 0.343 bits per heavy atom. The molecule has 17 unspecified atom stereocenters. The van der Waals surface area contributed by atoms with Gasteiger partial charge in [0.05, 0.1) is 38.6 Å². The van der Waals surface area contributed by atoms with E-state index in [-0.39, 0.29) is 18.9 Å². The van der Waals surface area contributed by atoms with E-state index in [9.17, 15) is 61.0 Å². The maximum absolute atomic E-state index is 13.5. The Hall–Kier alpha value is -2.77. The van der Waals surface area contributed by atoms with E-state index < -0.39 is 124 Å². The Balaban J connectivity index is 1.37.